The average molecular weight is 298 g/mol. The summed E-state index contributed by atoms with van der Waals surface area (Å²) in [6.07, 6.45) is 0. The number of benzene rings is 1. The van der Waals surface area contributed by atoms with E-state index < -0.39 is 30.6 Å². The van der Waals surface area contributed by atoms with Crippen LogP contribution < -0.4 is 0 Å². The summed E-state index contributed by atoms with van der Waals surface area (Å²) in [4.78, 5) is 9.60. The van der Waals surface area contributed by atoms with Crippen LogP contribution in [-0.4, -0.2) is 24.5 Å². The molecule has 0 amide bonds. The number of hydrogen-bond acceptors (Lipinski definition) is 4. The number of nitrogens with zero attached hydrogens (tertiary/aromatic N) is 1. The van der Waals surface area contributed by atoms with Crippen molar-refractivity contribution in [3.8, 4) is 0 Å². The molecule has 0 aliphatic heterocycles. The van der Waals surface area contributed by atoms with Crippen LogP contribution in [0.1, 0.15) is 6.92 Å². The Bertz CT molecular complexity index is 544. The van der Waals surface area contributed by atoms with Crippen molar-refractivity contribution in [2.75, 3.05) is 5.88 Å². The number of nitro groups is 1. The molecule has 0 bridgehead atoms. The lowest BCUT2D eigenvalue weighted by atomic mass is 10.3. The highest BCUT2D eigenvalue weighted by molar-refractivity contribution is 7.92. The van der Waals surface area contributed by atoms with E-state index in [4.69, 9.17) is 23.2 Å². The summed E-state index contributed by atoms with van der Waals surface area (Å²) in [5.41, 5.74) is -0.494. The number of rotatable bonds is 4. The Morgan fingerprint density at radius 2 is 2.06 bits per heavy atom. The van der Waals surface area contributed by atoms with Gasteiger partial charge < -0.3 is 0 Å². The Balaban J connectivity index is 3.49. The average Bonchev–Trinajstić information content (AvgIpc) is 2.27. The molecular formula is C9H9Cl2NO4S. The van der Waals surface area contributed by atoms with E-state index in [0.717, 1.165) is 12.1 Å². The molecule has 0 aliphatic rings. The number of halogens is 2. The van der Waals surface area contributed by atoms with Crippen molar-refractivity contribution in [1.29, 1.82) is 0 Å². The lowest BCUT2D eigenvalue weighted by Crippen LogP contribution is -2.20. The van der Waals surface area contributed by atoms with Gasteiger partial charge in [-0.25, -0.2) is 8.42 Å². The van der Waals surface area contributed by atoms with Crippen LogP contribution in [0.15, 0.2) is 23.1 Å². The fraction of sp³-hybridized carbons (Fsp3) is 0.333. The molecule has 0 heterocycles. The summed E-state index contributed by atoms with van der Waals surface area (Å²) in [6.45, 7) is 1.38. The number of alkyl halides is 1. The quantitative estimate of drug-likeness (QED) is 0.486. The van der Waals surface area contributed by atoms with Crippen LogP contribution in [0.4, 0.5) is 5.69 Å². The van der Waals surface area contributed by atoms with Crippen molar-refractivity contribution < 1.29 is 13.3 Å². The zero-order valence-electron chi connectivity index (χ0n) is 8.76. The van der Waals surface area contributed by atoms with Gasteiger partial charge in [0.05, 0.1) is 10.2 Å². The van der Waals surface area contributed by atoms with E-state index in [-0.39, 0.29) is 10.9 Å². The standard InChI is InChI=1S/C9H9Cl2NO4S/c1-6(5-10)17(15,16)9-4-7(11)2-3-8(9)12(13)14/h2-4,6H,5H2,1H3. The number of hydrogen-bond donors (Lipinski definition) is 0. The molecule has 1 aromatic carbocycles. The van der Waals surface area contributed by atoms with Crippen molar-refractivity contribution in [2.45, 2.75) is 17.1 Å². The van der Waals surface area contributed by atoms with E-state index in [1.807, 2.05) is 0 Å². The van der Waals surface area contributed by atoms with Crippen LogP contribution in [-0.2, 0) is 9.84 Å². The van der Waals surface area contributed by atoms with Crippen LogP contribution in [0, 0.1) is 10.1 Å². The van der Waals surface area contributed by atoms with Crippen molar-refractivity contribution in [2.24, 2.45) is 0 Å². The Morgan fingerprint density at radius 3 is 2.53 bits per heavy atom. The predicted octanol–water partition coefficient (Wildman–Crippen LogP) is 2.65. The van der Waals surface area contributed by atoms with Gasteiger partial charge >= 0.3 is 0 Å². The van der Waals surface area contributed by atoms with Gasteiger partial charge in [-0.1, -0.05) is 11.6 Å². The van der Waals surface area contributed by atoms with Crippen molar-refractivity contribution in [3.05, 3.63) is 33.3 Å². The lowest BCUT2D eigenvalue weighted by Gasteiger charge is -2.10. The second-order valence-electron chi connectivity index (χ2n) is 3.38. The molecule has 5 nitrogen and oxygen atoms in total. The normalized spacial score (nSPS) is 13.4. The summed E-state index contributed by atoms with van der Waals surface area (Å²) < 4.78 is 24.0. The van der Waals surface area contributed by atoms with Gasteiger partial charge in [0.15, 0.2) is 9.84 Å². The van der Waals surface area contributed by atoms with Crippen molar-refractivity contribution in [3.63, 3.8) is 0 Å². The molecule has 8 heteroatoms. The Morgan fingerprint density at radius 1 is 1.47 bits per heavy atom. The third-order valence-electron chi connectivity index (χ3n) is 2.17. The molecule has 0 N–H and O–H groups in total. The van der Waals surface area contributed by atoms with Crippen LogP contribution in [0.3, 0.4) is 0 Å². The predicted molar refractivity (Wildman–Crippen MR) is 65.5 cm³/mol. The monoisotopic (exact) mass is 297 g/mol. The molecule has 0 spiro atoms. The minimum atomic E-state index is -3.85. The Kier molecular flexibility index (Phi) is 4.35. The minimum absolute atomic E-state index is 0.121. The Labute approximate surface area is 108 Å². The second kappa shape index (κ2) is 5.20. The first-order valence-electron chi connectivity index (χ1n) is 4.54. The molecule has 1 aromatic rings. The second-order valence-corrected chi connectivity index (χ2v) is 6.46. The molecule has 17 heavy (non-hydrogen) atoms. The molecule has 1 atom stereocenters. The van der Waals surface area contributed by atoms with Crippen molar-refractivity contribution in [1.82, 2.24) is 0 Å². The molecule has 1 unspecified atom stereocenters. The summed E-state index contributed by atoms with van der Waals surface area (Å²) >= 11 is 11.1. The first-order chi connectivity index (χ1) is 7.80. The summed E-state index contributed by atoms with van der Waals surface area (Å²) in [7, 11) is -3.85. The van der Waals surface area contributed by atoms with Gasteiger partial charge in [-0.2, -0.15) is 0 Å². The van der Waals surface area contributed by atoms with E-state index >= 15 is 0 Å². The highest BCUT2D eigenvalue weighted by Crippen LogP contribution is 2.29. The minimum Gasteiger partial charge on any atom is -0.258 e. The smallest absolute Gasteiger partial charge is 0.258 e. The molecule has 1 rings (SSSR count). The van der Waals surface area contributed by atoms with Crippen LogP contribution >= 0.6 is 23.2 Å². The largest absolute Gasteiger partial charge is 0.288 e. The van der Waals surface area contributed by atoms with E-state index in [9.17, 15) is 18.5 Å². The topological polar surface area (TPSA) is 77.3 Å². The van der Waals surface area contributed by atoms with Crippen LogP contribution in [0.25, 0.3) is 0 Å². The molecule has 0 saturated heterocycles. The highest BCUT2D eigenvalue weighted by Gasteiger charge is 2.30. The van der Waals surface area contributed by atoms with Gasteiger partial charge in [-0.15, -0.1) is 11.6 Å². The van der Waals surface area contributed by atoms with Gasteiger partial charge in [-0.05, 0) is 19.1 Å². The maximum atomic E-state index is 12.0. The molecule has 0 radical (unpaired) electrons. The third-order valence-corrected chi connectivity index (χ3v) is 5.22. The first-order valence-corrected chi connectivity index (χ1v) is 7.00. The molecule has 0 aliphatic carbocycles. The van der Waals surface area contributed by atoms with E-state index in [2.05, 4.69) is 0 Å². The number of nitro benzene ring substituents is 1. The number of sulfone groups is 1. The molecular weight excluding hydrogens is 289 g/mol. The zero-order chi connectivity index (χ0) is 13.2. The van der Waals surface area contributed by atoms with Gasteiger partial charge in [-0.3, -0.25) is 10.1 Å². The summed E-state index contributed by atoms with van der Waals surface area (Å²) in [5.74, 6) is -0.147. The highest BCUT2D eigenvalue weighted by atomic mass is 35.5. The third kappa shape index (κ3) is 2.88. The van der Waals surface area contributed by atoms with Gasteiger partial charge in [0, 0.05) is 17.0 Å². The molecule has 0 fully saturated rings. The fourth-order valence-electron chi connectivity index (χ4n) is 1.17. The van der Waals surface area contributed by atoms with Crippen molar-refractivity contribution >= 4 is 38.7 Å². The SMILES string of the molecule is CC(CCl)S(=O)(=O)c1cc(Cl)ccc1[N+](=O)[O-]. The molecule has 0 saturated carbocycles. The summed E-state index contributed by atoms with van der Waals surface area (Å²) in [6, 6.07) is 3.40. The van der Waals surface area contributed by atoms with Gasteiger partial charge in [0.25, 0.3) is 5.69 Å². The van der Waals surface area contributed by atoms with Crippen LogP contribution in [0.5, 0.6) is 0 Å². The van der Waals surface area contributed by atoms with Crippen LogP contribution in [0.2, 0.25) is 5.02 Å². The molecule has 0 aromatic heterocycles. The first kappa shape index (κ1) is 14.2. The van der Waals surface area contributed by atoms with Gasteiger partial charge in [0.2, 0.25) is 0 Å². The fourth-order valence-corrected chi connectivity index (χ4v) is 3.23. The van der Waals surface area contributed by atoms with E-state index in [1.165, 1.54) is 13.0 Å². The van der Waals surface area contributed by atoms with E-state index in [1.54, 1.807) is 0 Å². The summed E-state index contributed by atoms with van der Waals surface area (Å²) in [5, 5.41) is 9.96. The zero-order valence-corrected chi connectivity index (χ0v) is 11.1. The maximum absolute atomic E-state index is 12.0. The van der Waals surface area contributed by atoms with E-state index in [0.29, 0.717) is 0 Å². The molecule has 94 valence electrons. The maximum Gasteiger partial charge on any atom is 0.288 e. The lowest BCUT2D eigenvalue weighted by molar-refractivity contribution is -0.387. The van der Waals surface area contributed by atoms with Gasteiger partial charge in [0.1, 0.15) is 4.90 Å². The Hall–Kier alpha value is -0.850.